The molecule has 1 aromatic heterocycles. The van der Waals surface area contributed by atoms with Crippen LogP contribution in [0.4, 0.5) is 27.6 Å². The molecule has 106 valence electrons. The Hall–Kier alpha value is -2.20. The van der Waals surface area contributed by atoms with E-state index in [4.69, 9.17) is 0 Å². The molecular weight excluding hydrogens is 283 g/mol. The summed E-state index contributed by atoms with van der Waals surface area (Å²) in [5.74, 6) is -2.42. The SMILES string of the molecule is COc1nc(C(F)F)cc(OC(F)(F)F)c1[N+](=O)[O-]. The van der Waals surface area contributed by atoms with Crippen molar-refractivity contribution < 1.29 is 36.3 Å². The molecule has 1 aromatic rings. The first kappa shape index (κ1) is 14.9. The number of alkyl halides is 5. The number of nitrogens with zero attached hydrogens (tertiary/aromatic N) is 2. The van der Waals surface area contributed by atoms with Crippen molar-refractivity contribution in [2.75, 3.05) is 7.11 Å². The minimum Gasteiger partial charge on any atom is -0.476 e. The summed E-state index contributed by atoms with van der Waals surface area (Å²) >= 11 is 0. The Labute approximate surface area is 101 Å². The summed E-state index contributed by atoms with van der Waals surface area (Å²) in [5.41, 5.74) is -2.43. The number of ether oxygens (including phenoxy) is 2. The molecule has 1 heterocycles. The molecule has 0 aromatic carbocycles. The Kier molecular flexibility index (Phi) is 4.07. The average molecular weight is 288 g/mol. The molecule has 0 aliphatic rings. The zero-order valence-electron chi connectivity index (χ0n) is 9.07. The van der Waals surface area contributed by atoms with Gasteiger partial charge in [0, 0.05) is 6.07 Å². The molecule has 0 saturated carbocycles. The van der Waals surface area contributed by atoms with E-state index in [1.807, 2.05) is 0 Å². The summed E-state index contributed by atoms with van der Waals surface area (Å²) in [6.07, 6.45) is -8.53. The second kappa shape index (κ2) is 5.20. The van der Waals surface area contributed by atoms with Gasteiger partial charge in [-0.25, -0.2) is 13.8 Å². The number of halogens is 5. The van der Waals surface area contributed by atoms with Crippen LogP contribution in [0.15, 0.2) is 6.07 Å². The predicted molar refractivity (Wildman–Crippen MR) is 49.1 cm³/mol. The quantitative estimate of drug-likeness (QED) is 0.484. The lowest BCUT2D eigenvalue weighted by Crippen LogP contribution is -2.18. The van der Waals surface area contributed by atoms with Crippen LogP contribution in [0.2, 0.25) is 0 Å². The topological polar surface area (TPSA) is 74.5 Å². The normalized spacial score (nSPS) is 11.5. The minimum atomic E-state index is -5.28. The molecule has 0 atom stereocenters. The summed E-state index contributed by atoms with van der Waals surface area (Å²) in [4.78, 5) is 12.4. The molecule has 19 heavy (non-hydrogen) atoms. The maximum absolute atomic E-state index is 12.4. The smallest absolute Gasteiger partial charge is 0.476 e. The van der Waals surface area contributed by atoms with Gasteiger partial charge in [-0.15, -0.1) is 13.2 Å². The summed E-state index contributed by atoms with van der Waals surface area (Å²) in [6, 6.07) is 0.138. The van der Waals surface area contributed by atoms with E-state index in [1.165, 1.54) is 0 Å². The van der Waals surface area contributed by atoms with Gasteiger partial charge in [-0.05, 0) is 0 Å². The molecule has 6 nitrogen and oxygen atoms in total. The first-order chi connectivity index (χ1) is 8.65. The van der Waals surface area contributed by atoms with E-state index in [9.17, 15) is 32.1 Å². The van der Waals surface area contributed by atoms with Crippen molar-refractivity contribution in [2.24, 2.45) is 0 Å². The summed E-state index contributed by atoms with van der Waals surface area (Å²) in [7, 11) is 0.835. The van der Waals surface area contributed by atoms with Crippen LogP contribution < -0.4 is 9.47 Å². The molecule has 0 aliphatic carbocycles. The molecule has 0 N–H and O–H groups in total. The Morgan fingerprint density at radius 1 is 1.42 bits per heavy atom. The van der Waals surface area contributed by atoms with Crippen molar-refractivity contribution in [2.45, 2.75) is 12.8 Å². The van der Waals surface area contributed by atoms with Crippen LogP contribution in [0.1, 0.15) is 12.1 Å². The highest BCUT2D eigenvalue weighted by Gasteiger charge is 2.37. The van der Waals surface area contributed by atoms with E-state index < -0.39 is 40.7 Å². The van der Waals surface area contributed by atoms with E-state index >= 15 is 0 Å². The third-order valence-corrected chi connectivity index (χ3v) is 1.77. The standard InChI is InChI=1S/C8H5F5N2O4/c1-18-7-5(15(16)17)4(19-8(11,12)13)2-3(14-7)6(9)10/h2,6H,1H3. The fourth-order valence-corrected chi connectivity index (χ4v) is 1.14. The van der Waals surface area contributed by atoms with Crippen molar-refractivity contribution in [3.63, 3.8) is 0 Å². The predicted octanol–water partition coefficient (Wildman–Crippen LogP) is 2.83. The van der Waals surface area contributed by atoms with Gasteiger partial charge < -0.3 is 9.47 Å². The van der Waals surface area contributed by atoms with Crippen molar-refractivity contribution in [3.05, 3.63) is 21.9 Å². The molecule has 0 fully saturated rings. The first-order valence-corrected chi connectivity index (χ1v) is 4.43. The third-order valence-electron chi connectivity index (χ3n) is 1.77. The van der Waals surface area contributed by atoms with Gasteiger partial charge in [-0.1, -0.05) is 0 Å². The fraction of sp³-hybridized carbons (Fsp3) is 0.375. The average Bonchev–Trinajstić information content (AvgIpc) is 2.24. The summed E-state index contributed by atoms with van der Waals surface area (Å²) in [5, 5.41) is 10.6. The van der Waals surface area contributed by atoms with Gasteiger partial charge in [-0.3, -0.25) is 10.1 Å². The van der Waals surface area contributed by atoms with E-state index in [0.717, 1.165) is 7.11 Å². The first-order valence-electron chi connectivity index (χ1n) is 4.43. The van der Waals surface area contributed by atoms with E-state index in [0.29, 0.717) is 0 Å². The maximum Gasteiger partial charge on any atom is 0.573 e. The van der Waals surface area contributed by atoms with Crippen LogP contribution in [0.5, 0.6) is 11.6 Å². The van der Waals surface area contributed by atoms with Gasteiger partial charge in [-0.2, -0.15) is 0 Å². The summed E-state index contributed by atoms with van der Waals surface area (Å²) in [6.45, 7) is 0. The molecule has 0 radical (unpaired) electrons. The number of rotatable bonds is 4. The molecule has 0 amide bonds. The Morgan fingerprint density at radius 2 is 2.00 bits per heavy atom. The van der Waals surface area contributed by atoms with Gasteiger partial charge in [0.15, 0.2) is 0 Å². The van der Waals surface area contributed by atoms with Crippen LogP contribution in [-0.4, -0.2) is 23.4 Å². The number of pyridine rings is 1. The molecule has 0 unspecified atom stereocenters. The van der Waals surface area contributed by atoms with Crippen molar-refractivity contribution in [1.29, 1.82) is 0 Å². The van der Waals surface area contributed by atoms with Gasteiger partial charge >= 0.3 is 12.0 Å². The lowest BCUT2D eigenvalue weighted by atomic mass is 10.3. The van der Waals surface area contributed by atoms with Gasteiger partial charge in [0.1, 0.15) is 5.69 Å². The van der Waals surface area contributed by atoms with Crippen LogP contribution in [0.3, 0.4) is 0 Å². The zero-order valence-corrected chi connectivity index (χ0v) is 9.07. The summed E-state index contributed by atoms with van der Waals surface area (Å²) < 4.78 is 68.6. The van der Waals surface area contributed by atoms with E-state index in [-0.39, 0.29) is 6.07 Å². The number of nitro groups is 1. The Morgan fingerprint density at radius 3 is 2.37 bits per heavy atom. The third kappa shape index (κ3) is 3.63. The number of aromatic nitrogens is 1. The van der Waals surface area contributed by atoms with Gasteiger partial charge in [0.05, 0.1) is 12.0 Å². The second-order valence-corrected chi connectivity index (χ2v) is 3.01. The lowest BCUT2D eigenvalue weighted by molar-refractivity contribution is -0.390. The Bertz CT molecular complexity index is 491. The monoisotopic (exact) mass is 288 g/mol. The molecular formula is C8H5F5N2O4. The fourth-order valence-electron chi connectivity index (χ4n) is 1.14. The molecule has 1 rings (SSSR count). The molecule has 0 spiro atoms. The van der Waals surface area contributed by atoms with Crippen molar-refractivity contribution >= 4 is 5.69 Å². The minimum absolute atomic E-state index is 0.138. The highest BCUT2D eigenvalue weighted by Crippen LogP contribution is 2.40. The van der Waals surface area contributed by atoms with Crippen molar-refractivity contribution in [3.8, 4) is 11.6 Å². The molecule has 0 bridgehead atoms. The maximum atomic E-state index is 12.4. The Balaban J connectivity index is 3.45. The van der Waals surface area contributed by atoms with E-state index in [2.05, 4.69) is 14.5 Å². The van der Waals surface area contributed by atoms with Crippen molar-refractivity contribution in [1.82, 2.24) is 4.98 Å². The van der Waals surface area contributed by atoms with Gasteiger partial charge in [0.25, 0.3) is 12.3 Å². The lowest BCUT2D eigenvalue weighted by Gasteiger charge is -2.11. The second-order valence-electron chi connectivity index (χ2n) is 3.01. The molecule has 0 saturated heterocycles. The number of hydrogen-bond donors (Lipinski definition) is 0. The highest BCUT2D eigenvalue weighted by molar-refractivity contribution is 5.54. The van der Waals surface area contributed by atoms with E-state index in [1.54, 1.807) is 0 Å². The largest absolute Gasteiger partial charge is 0.573 e. The van der Waals surface area contributed by atoms with Crippen LogP contribution in [-0.2, 0) is 0 Å². The number of methoxy groups -OCH3 is 1. The number of hydrogen-bond acceptors (Lipinski definition) is 5. The van der Waals surface area contributed by atoms with Crippen LogP contribution in [0, 0.1) is 10.1 Å². The molecule has 0 aliphatic heterocycles. The van der Waals surface area contributed by atoms with Crippen LogP contribution in [0.25, 0.3) is 0 Å². The van der Waals surface area contributed by atoms with Gasteiger partial charge in [0.2, 0.25) is 5.75 Å². The highest BCUT2D eigenvalue weighted by atomic mass is 19.4. The zero-order chi connectivity index (χ0) is 14.8. The molecule has 11 heteroatoms. The van der Waals surface area contributed by atoms with Crippen LogP contribution >= 0.6 is 0 Å².